The van der Waals surface area contributed by atoms with Crippen LogP contribution in [-0.2, 0) is 6.54 Å². The van der Waals surface area contributed by atoms with Gasteiger partial charge in [-0.25, -0.2) is 9.18 Å². The highest BCUT2D eigenvalue weighted by atomic mass is 19.1. The van der Waals surface area contributed by atoms with Crippen LogP contribution in [-0.4, -0.2) is 17.6 Å². The first-order valence-corrected chi connectivity index (χ1v) is 4.37. The number of aromatic carboxylic acids is 1. The van der Waals surface area contributed by atoms with Crippen molar-refractivity contribution in [1.82, 2.24) is 5.32 Å². The first-order chi connectivity index (χ1) is 6.65. The third-order valence-corrected chi connectivity index (χ3v) is 1.87. The van der Waals surface area contributed by atoms with Crippen LogP contribution in [0.4, 0.5) is 4.39 Å². The maximum absolute atomic E-state index is 13.2. The van der Waals surface area contributed by atoms with Crippen LogP contribution in [0.15, 0.2) is 18.2 Å². The first kappa shape index (κ1) is 10.7. The van der Waals surface area contributed by atoms with Gasteiger partial charge in [0.1, 0.15) is 5.82 Å². The lowest BCUT2D eigenvalue weighted by Crippen LogP contribution is -2.13. The standard InChI is InChI=1S/C10H12FNO2/c1-2-12-6-8-4-3-7(10(13)14)5-9(8)11/h3-5,12H,2,6H2,1H3,(H,13,14). The summed E-state index contributed by atoms with van der Waals surface area (Å²) in [4.78, 5) is 10.5. The molecular weight excluding hydrogens is 185 g/mol. The van der Waals surface area contributed by atoms with Gasteiger partial charge in [-0.2, -0.15) is 0 Å². The Kier molecular flexibility index (Phi) is 3.59. The molecule has 0 heterocycles. The van der Waals surface area contributed by atoms with Gasteiger partial charge >= 0.3 is 5.97 Å². The molecule has 0 saturated carbocycles. The van der Waals surface area contributed by atoms with E-state index < -0.39 is 11.8 Å². The van der Waals surface area contributed by atoms with E-state index in [2.05, 4.69) is 5.32 Å². The number of hydrogen-bond acceptors (Lipinski definition) is 2. The van der Waals surface area contributed by atoms with Crippen LogP contribution in [0.3, 0.4) is 0 Å². The molecule has 0 aliphatic heterocycles. The second kappa shape index (κ2) is 4.72. The summed E-state index contributed by atoms with van der Waals surface area (Å²) < 4.78 is 13.2. The zero-order valence-corrected chi connectivity index (χ0v) is 7.88. The minimum atomic E-state index is -1.11. The molecular formula is C10H12FNO2. The Balaban J connectivity index is 2.84. The van der Waals surface area contributed by atoms with Gasteiger partial charge in [-0.05, 0) is 18.7 Å². The molecule has 0 aliphatic rings. The Hall–Kier alpha value is -1.42. The van der Waals surface area contributed by atoms with Crippen molar-refractivity contribution in [2.45, 2.75) is 13.5 Å². The second-order valence-corrected chi connectivity index (χ2v) is 2.89. The molecule has 0 atom stereocenters. The predicted octanol–water partition coefficient (Wildman–Crippen LogP) is 1.63. The summed E-state index contributed by atoms with van der Waals surface area (Å²) in [5.41, 5.74) is 0.458. The molecule has 0 unspecified atom stereocenters. The number of benzene rings is 1. The van der Waals surface area contributed by atoms with Gasteiger partial charge in [-0.3, -0.25) is 0 Å². The summed E-state index contributed by atoms with van der Waals surface area (Å²) in [5, 5.41) is 11.6. The summed E-state index contributed by atoms with van der Waals surface area (Å²) >= 11 is 0. The van der Waals surface area contributed by atoms with Crippen molar-refractivity contribution in [2.75, 3.05) is 6.54 Å². The molecule has 0 aromatic heterocycles. The summed E-state index contributed by atoms with van der Waals surface area (Å²) in [6.07, 6.45) is 0. The van der Waals surface area contributed by atoms with Crippen molar-refractivity contribution in [3.63, 3.8) is 0 Å². The molecule has 14 heavy (non-hydrogen) atoms. The van der Waals surface area contributed by atoms with Gasteiger partial charge in [0.15, 0.2) is 0 Å². The summed E-state index contributed by atoms with van der Waals surface area (Å²) in [7, 11) is 0. The van der Waals surface area contributed by atoms with E-state index in [0.29, 0.717) is 12.1 Å². The molecule has 0 amide bonds. The van der Waals surface area contributed by atoms with Crippen LogP contribution in [0.5, 0.6) is 0 Å². The van der Waals surface area contributed by atoms with Gasteiger partial charge in [0.25, 0.3) is 0 Å². The van der Waals surface area contributed by atoms with E-state index in [9.17, 15) is 9.18 Å². The first-order valence-electron chi connectivity index (χ1n) is 4.37. The van der Waals surface area contributed by atoms with Gasteiger partial charge in [-0.1, -0.05) is 13.0 Å². The molecule has 0 bridgehead atoms. The van der Waals surface area contributed by atoms with Gasteiger partial charge in [-0.15, -0.1) is 0 Å². The maximum atomic E-state index is 13.2. The average molecular weight is 197 g/mol. The molecule has 76 valence electrons. The van der Waals surface area contributed by atoms with Crippen molar-refractivity contribution in [1.29, 1.82) is 0 Å². The van der Waals surface area contributed by atoms with E-state index in [1.165, 1.54) is 12.1 Å². The number of carboxylic acid groups (broad SMARTS) is 1. The smallest absolute Gasteiger partial charge is 0.335 e. The number of halogens is 1. The summed E-state index contributed by atoms with van der Waals surface area (Å²) in [5.74, 6) is -1.59. The second-order valence-electron chi connectivity index (χ2n) is 2.89. The Morgan fingerprint density at radius 2 is 2.29 bits per heavy atom. The van der Waals surface area contributed by atoms with E-state index in [1.54, 1.807) is 0 Å². The number of carbonyl (C=O) groups is 1. The molecule has 1 aromatic carbocycles. The van der Waals surface area contributed by atoms with E-state index in [1.807, 2.05) is 6.92 Å². The number of nitrogens with one attached hydrogen (secondary N) is 1. The molecule has 0 fully saturated rings. The number of carboxylic acids is 1. The SMILES string of the molecule is CCNCc1ccc(C(=O)O)cc1F. The molecule has 1 aromatic rings. The third kappa shape index (κ3) is 2.53. The van der Waals surface area contributed by atoms with Crippen molar-refractivity contribution in [3.8, 4) is 0 Å². The fraction of sp³-hybridized carbons (Fsp3) is 0.300. The Morgan fingerprint density at radius 1 is 1.57 bits per heavy atom. The van der Waals surface area contributed by atoms with Crippen LogP contribution in [0.25, 0.3) is 0 Å². The predicted molar refractivity (Wildman–Crippen MR) is 50.7 cm³/mol. The molecule has 1 rings (SSSR count). The average Bonchev–Trinajstić information content (AvgIpc) is 2.15. The third-order valence-electron chi connectivity index (χ3n) is 1.87. The number of hydrogen-bond donors (Lipinski definition) is 2. The van der Waals surface area contributed by atoms with Crippen molar-refractivity contribution >= 4 is 5.97 Å². The van der Waals surface area contributed by atoms with Crippen LogP contribution >= 0.6 is 0 Å². The summed E-state index contributed by atoms with van der Waals surface area (Å²) in [6, 6.07) is 3.93. The highest BCUT2D eigenvalue weighted by molar-refractivity contribution is 5.87. The number of rotatable bonds is 4. The maximum Gasteiger partial charge on any atom is 0.335 e. The molecule has 0 spiro atoms. The Labute approximate surface area is 81.6 Å². The monoisotopic (exact) mass is 197 g/mol. The van der Waals surface area contributed by atoms with Gasteiger partial charge in [0, 0.05) is 12.1 Å². The quantitative estimate of drug-likeness (QED) is 0.771. The molecule has 0 aliphatic carbocycles. The van der Waals surface area contributed by atoms with Crippen molar-refractivity contribution in [2.24, 2.45) is 0 Å². The Morgan fingerprint density at radius 3 is 2.79 bits per heavy atom. The highest BCUT2D eigenvalue weighted by Crippen LogP contribution is 2.10. The molecule has 3 nitrogen and oxygen atoms in total. The molecule has 0 radical (unpaired) electrons. The van der Waals surface area contributed by atoms with E-state index >= 15 is 0 Å². The van der Waals surface area contributed by atoms with E-state index in [0.717, 1.165) is 12.6 Å². The lowest BCUT2D eigenvalue weighted by molar-refractivity contribution is 0.0696. The zero-order chi connectivity index (χ0) is 10.6. The largest absolute Gasteiger partial charge is 0.478 e. The van der Waals surface area contributed by atoms with Gasteiger partial charge in [0.05, 0.1) is 5.56 Å². The van der Waals surface area contributed by atoms with Gasteiger partial charge < -0.3 is 10.4 Å². The molecule has 4 heteroatoms. The van der Waals surface area contributed by atoms with Crippen molar-refractivity contribution in [3.05, 3.63) is 35.1 Å². The fourth-order valence-corrected chi connectivity index (χ4v) is 1.08. The lowest BCUT2D eigenvalue weighted by atomic mass is 10.1. The zero-order valence-electron chi connectivity index (χ0n) is 7.88. The summed E-state index contributed by atoms with van der Waals surface area (Å²) in [6.45, 7) is 3.09. The van der Waals surface area contributed by atoms with E-state index in [-0.39, 0.29) is 5.56 Å². The van der Waals surface area contributed by atoms with Crippen LogP contribution < -0.4 is 5.32 Å². The fourth-order valence-electron chi connectivity index (χ4n) is 1.08. The van der Waals surface area contributed by atoms with Crippen molar-refractivity contribution < 1.29 is 14.3 Å². The van der Waals surface area contributed by atoms with Crippen LogP contribution in [0.2, 0.25) is 0 Å². The minimum Gasteiger partial charge on any atom is -0.478 e. The van der Waals surface area contributed by atoms with Crippen LogP contribution in [0.1, 0.15) is 22.8 Å². The lowest BCUT2D eigenvalue weighted by Gasteiger charge is -2.04. The van der Waals surface area contributed by atoms with Gasteiger partial charge in [0.2, 0.25) is 0 Å². The highest BCUT2D eigenvalue weighted by Gasteiger charge is 2.07. The molecule has 2 N–H and O–H groups in total. The molecule has 0 saturated heterocycles. The normalized spacial score (nSPS) is 10.1. The topological polar surface area (TPSA) is 49.3 Å². The van der Waals surface area contributed by atoms with E-state index in [4.69, 9.17) is 5.11 Å². The minimum absolute atomic E-state index is 0.0252. The van der Waals surface area contributed by atoms with Crippen LogP contribution in [0, 0.1) is 5.82 Å². The Bertz CT molecular complexity index is 339.